The van der Waals surface area contributed by atoms with Gasteiger partial charge in [-0.1, -0.05) is 24.3 Å². The molecule has 2 aromatic rings. The lowest BCUT2D eigenvalue weighted by Gasteiger charge is -2.23. The van der Waals surface area contributed by atoms with Crippen molar-refractivity contribution in [3.05, 3.63) is 53.3 Å². The monoisotopic (exact) mass is 317 g/mol. The molecule has 1 N–H and O–H groups in total. The molecular formula is C18H23NO4. The summed E-state index contributed by atoms with van der Waals surface area (Å²) < 4.78 is 16.1. The van der Waals surface area contributed by atoms with E-state index in [2.05, 4.69) is 5.32 Å². The first-order valence-electron chi connectivity index (χ1n) is 7.49. The fourth-order valence-corrected chi connectivity index (χ4v) is 2.24. The van der Waals surface area contributed by atoms with Crippen LogP contribution in [0.2, 0.25) is 0 Å². The number of hydrogen-bond donors (Lipinski definition) is 1. The van der Waals surface area contributed by atoms with Crippen LogP contribution in [0.15, 0.2) is 40.8 Å². The van der Waals surface area contributed by atoms with Crippen LogP contribution in [0.1, 0.15) is 43.7 Å². The third kappa shape index (κ3) is 4.52. The van der Waals surface area contributed by atoms with E-state index in [9.17, 15) is 4.79 Å². The van der Waals surface area contributed by atoms with E-state index in [4.69, 9.17) is 13.9 Å². The van der Waals surface area contributed by atoms with Crippen LogP contribution in [0.3, 0.4) is 0 Å². The van der Waals surface area contributed by atoms with Crippen LogP contribution in [-0.4, -0.2) is 18.8 Å². The Kier molecular flexibility index (Phi) is 4.98. The zero-order chi connectivity index (χ0) is 17.0. The van der Waals surface area contributed by atoms with Gasteiger partial charge in [-0.25, -0.2) is 4.79 Å². The first-order chi connectivity index (χ1) is 10.8. The summed E-state index contributed by atoms with van der Waals surface area (Å²) in [5.74, 6) is 0.978. The number of rotatable bonds is 4. The number of ether oxygens (including phenoxy) is 2. The number of methoxy groups -OCH3 is 1. The molecule has 0 radical (unpaired) electrons. The van der Waals surface area contributed by atoms with Crippen molar-refractivity contribution in [3.8, 4) is 5.95 Å². The molecule has 0 aliphatic rings. The van der Waals surface area contributed by atoms with Gasteiger partial charge in [0.1, 0.15) is 17.4 Å². The summed E-state index contributed by atoms with van der Waals surface area (Å²) in [4.78, 5) is 12.2. The summed E-state index contributed by atoms with van der Waals surface area (Å²) in [6, 6.07) is 10.9. The summed E-state index contributed by atoms with van der Waals surface area (Å²) in [6.07, 6.45) is -0.499. The first-order valence-corrected chi connectivity index (χ1v) is 7.49. The molecule has 23 heavy (non-hydrogen) atoms. The van der Waals surface area contributed by atoms with Gasteiger partial charge >= 0.3 is 6.09 Å². The number of aryl methyl sites for hydroxylation is 1. The van der Waals surface area contributed by atoms with Crippen LogP contribution < -0.4 is 10.1 Å². The van der Waals surface area contributed by atoms with Crippen molar-refractivity contribution in [1.82, 2.24) is 5.32 Å². The number of carbonyl (C=O) groups excluding carboxylic acids is 1. The quantitative estimate of drug-likeness (QED) is 0.917. The van der Waals surface area contributed by atoms with Crippen LogP contribution >= 0.6 is 0 Å². The fourth-order valence-electron chi connectivity index (χ4n) is 2.24. The molecule has 0 saturated heterocycles. The largest absolute Gasteiger partial charge is 0.468 e. The van der Waals surface area contributed by atoms with Gasteiger partial charge in [-0.2, -0.15) is 0 Å². The van der Waals surface area contributed by atoms with Crippen molar-refractivity contribution < 1.29 is 18.7 Å². The second-order valence-electron chi connectivity index (χ2n) is 6.30. The predicted octanol–water partition coefficient (Wildman–Crippen LogP) is 4.21. The highest BCUT2D eigenvalue weighted by atomic mass is 16.6. The average Bonchev–Trinajstić information content (AvgIpc) is 2.92. The Morgan fingerprint density at radius 2 is 1.87 bits per heavy atom. The molecule has 1 amide bonds. The van der Waals surface area contributed by atoms with Crippen LogP contribution in [0, 0.1) is 6.92 Å². The molecule has 1 aromatic heterocycles. The molecule has 1 aromatic carbocycles. The summed E-state index contributed by atoms with van der Waals surface area (Å²) in [5, 5.41) is 2.87. The molecule has 0 aliphatic carbocycles. The lowest BCUT2D eigenvalue weighted by atomic mass is 9.99. The van der Waals surface area contributed by atoms with Crippen molar-refractivity contribution in [1.29, 1.82) is 0 Å². The van der Waals surface area contributed by atoms with E-state index in [1.54, 1.807) is 12.1 Å². The van der Waals surface area contributed by atoms with E-state index in [1.807, 2.05) is 52.0 Å². The molecule has 0 fully saturated rings. The number of nitrogens with one attached hydrogen (secondary N) is 1. The molecule has 0 saturated carbocycles. The maximum Gasteiger partial charge on any atom is 0.408 e. The Labute approximate surface area is 136 Å². The molecule has 0 bridgehead atoms. The van der Waals surface area contributed by atoms with Crippen LogP contribution in [-0.2, 0) is 4.74 Å². The molecular weight excluding hydrogens is 294 g/mol. The number of furan rings is 1. The van der Waals surface area contributed by atoms with E-state index in [0.29, 0.717) is 11.7 Å². The van der Waals surface area contributed by atoms with Gasteiger partial charge in [0.2, 0.25) is 0 Å². The van der Waals surface area contributed by atoms with E-state index < -0.39 is 17.7 Å². The van der Waals surface area contributed by atoms with E-state index in [1.165, 1.54) is 7.11 Å². The number of alkyl carbamates (subject to hydrolysis) is 1. The van der Waals surface area contributed by atoms with Crippen LogP contribution in [0.4, 0.5) is 4.79 Å². The zero-order valence-electron chi connectivity index (χ0n) is 14.2. The first kappa shape index (κ1) is 16.9. The van der Waals surface area contributed by atoms with Crippen molar-refractivity contribution in [2.24, 2.45) is 0 Å². The van der Waals surface area contributed by atoms with E-state index in [0.717, 1.165) is 11.1 Å². The minimum atomic E-state index is -0.568. The molecule has 0 unspecified atom stereocenters. The van der Waals surface area contributed by atoms with Crippen molar-refractivity contribution in [2.75, 3.05) is 7.11 Å². The van der Waals surface area contributed by atoms with Gasteiger partial charge in [0.25, 0.3) is 5.95 Å². The highest BCUT2D eigenvalue weighted by molar-refractivity contribution is 5.69. The van der Waals surface area contributed by atoms with E-state index in [-0.39, 0.29) is 0 Å². The summed E-state index contributed by atoms with van der Waals surface area (Å²) in [7, 11) is 1.53. The zero-order valence-corrected chi connectivity index (χ0v) is 14.2. The second-order valence-corrected chi connectivity index (χ2v) is 6.30. The van der Waals surface area contributed by atoms with Gasteiger partial charge in [0.15, 0.2) is 0 Å². The van der Waals surface area contributed by atoms with E-state index >= 15 is 0 Å². The van der Waals surface area contributed by atoms with Gasteiger partial charge < -0.3 is 19.2 Å². The van der Waals surface area contributed by atoms with Crippen LogP contribution in [0.25, 0.3) is 0 Å². The normalized spacial score (nSPS) is 12.6. The topological polar surface area (TPSA) is 60.7 Å². The molecule has 0 aliphatic heterocycles. The second kappa shape index (κ2) is 6.77. The SMILES string of the molecule is COc1ccc([C@H](NC(=O)OC(C)(C)C)c2ccccc2C)o1. The molecule has 1 atom stereocenters. The predicted molar refractivity (Wildman–Crippen MR) is 87.7 cm³/mol. The molecule has 2 rings (SSSR count). The minimum Gasteiger partial charge on any atom is -0.468 e. The minimum absolute atomic E-state index is 0.393. The third-order valence-corrected chi connectivity index (χ3v) is 3.25. The lowest BCUT2D eigenvalue weighted by molar-refractivity contribution is 0.0506. The number of benzene rings is 1. The summed E-state index contributed by atoms with van der Waals surface area (Å²) >= 11 is 0. The van der Waals surface area contributed by atoms with Gasteiger partial charge in [-0.15, -0.1) is 0 Å². The Morgan fingerprint density at radius 1 is 1.17 bits per heavy atom. The summed E-state index contributed by atoms with van der Waals surface area (Å²) in [6.45, 7) is 7.46. The average molecular weight is 317 g/mol. The van der Waals surface area contributed by atoms with Gasteiger partial charge in [-0.3, -0.25) is 0 Å². The van der Waals surface area contributed by atoms with Gasteiger partial charge in [0.05, 0.1) is 7.11 Å². The Balaban J connectivity index is 2.32. The standard InChI is InChI=1S/C18H23NO4/c1-12-8-6-7-9-13(12)16(14-10-11-15(21-5)22-14)19-17(20)23-18(2,3)4/h6-11,16H,1-5H3,(H,19,20)/t16-/m1/s1. The van der Waals surface area contributed by atoms with Crippen molar-refractivity contribution in [3.63, 3.8) is 0 Å². The molecule has 5 nitrogen and oxygen atoms in total. The van der Waals surface area contributed by atoms with Gasteiger partial charge in [-0.05, 0) is 44.9 Å². The van der Waals surface area contributed by atoms with Crippen molar-refractivity contribution in [2.45, 2.75) is 39.3 Å². The highest BCUT2D eigenvalue weighted by Crippen LogP contribution is 2.29. The summed E-state index contributed by atoms with van der Waals surface area (Å²) in [5.41, 5.74) is 1.42. The number of carbonyl (C=O) groups is 1. The Morgan fingerprint density at radius 3 is 2.43 bits per heavy atom. The maximum absolute atomic E-state index is 12.2. The maximum atomic E-state index is 12.2. The third-order valence-electron chi connectivity index (χ3n) is 3.25. The number of hydrogen-bond acceptors (Lipinski definition) is 4. The molecule has 124 valence electrons. The Hall–Kier alpha value is -2.43. The van der Waals surface area contributed by atoms with Crippen molar-refractivity contribution >= 4 is 6.09 Å². The lowest BCUT2D eigenvalue weighted by Crippen LogP contribution is -2.35. The fraction of sp³-hybridized carbons (Fsp3) is 0.389. The van der Waals surface area contributed by atoms with Gasteiger partial charge in [0, 0.05) is 6.07 Å². The smallest absolute Gasteiger partial charge is 0.408 e. The Bertz CT molecular complexity index is 670. The van der Waals surface area contributed by atoms with Crippen LogP contribution in [0.5, 0.6) is 5.95 Å². The molecule has 5 heteroatoms. The highest BCUT2D eigenvalue weighted by Gasteiger charge is 2.25. The molecule has 0 spiro atoms. The number of amides is 1. The molecule has 1 heterocycles.